The van der Waals surface area contributed by atoms with Crippen molar-refractivity contribution in [1.82, 2.24) is 19.6 Å². The lowest BCUT2D eigenvalue weighted by atomic mass is 10.1. The minimum absolute atomic E-state index is 0.177. The van der Waals surface area contributed by atoms with Crippen LogP contribution in [0.1, 0.15) is 10.5 Å². The van der Waals surface area contributed by atoms with E-state index in [2.05, 4.69) is 15.5 Å². The predicted octanol–water partition coefficient (Wildman–Crippen LogP) is 3.38. The van der Waals surface area contributed by atoms with Gasteiger partial charge < -0.3 is 19.5 Å². The molecule has 0 saturated carbocycles. The Bertz CT molecular complexity index is 1300. The van der Waals surface area contributed by atoms with E-state index in [-0.39, 0.29) is 12.0 Å². The summed E-state index contributed by atoms with van der Waals surface area (Å²) in [6.07, 6.45) is 3.19. The molecule has 0 saturated heterocycles. The Morgan fingerprint density at radius 2 is 1.97 bits per heavy atom. The lowest BCUT2D eigenvalue weighted by Crippen LogP contribution is -2.33. The summed E-state index contributed by atoms with van der Waals surface area (Å²) in [4.78, 5) is 12.9. The minimum atomic E-state index is -0.281. The largest absolute Gasteiger partial charge is 0.496 e. The fourth-order valence-electron chi connectivity index (χ4n) is 3.75. The van der Waals surface area contributed by atoms with Gasteiger partial charge in [-0.3, -0.25) is 14.2 Å². The molecule has 0 spiro atoms. The predicted molar refractivity (Wildman–Crippen MR) is 122 cm³/mol. The van der Waals surface area contributed by atoms with Crippen molar-refractivity contribution in [3.05, 3.63) is 72.7 Å². The summed E-state index contributed by atoms with van der Waals surface area (Å²) < 4.78 is 20.4. The molecule has 4 aromatic rings. The molecule has 1 aliphatic rings. The molecule has 0 radical (unpaired) electrons. The fraction of sp³-hybridized carbons (Fsp3) is 0.208. The van der Waals surface area contributed by atoms with Crippen LogP contribution in [0.15, 0.2) is 67.0 Å². The molecular weight excluding hydrogens is 422 g/mol. The zero-order valence-electron chi connectivity index (χ0n) is 18.3. The summed E-state index contributed by atoms with van der Waals surface area (Å²) >= 11 is 0. The number of ether oxygens (including phenoxy) is 3. The van der Waals surface area contributed by atoms with Crippen molar-refractivity contribution in [2.45, 2.75) is 12.6 Å². The molecular formula is C24H23N5O4. The number of benzene rings is 2. The molecule has 2 aromatic carbocycles. The maximum Gasteiger partial charge on any atom is 0.274 e. The van der Waals surface area contributed by atoms with Crippen molar-refractivity contribution in [2.24, 2.45) is 7.05 Å². The van der Waals surface area contributed by atoms with Crippen LogP contribution < -0.4 is 19.5 Å². The van der Waals surface area contributed by atoms with Crippen molar-refractivity contribution >= 4 is 11.6 Å². The quantitative estimate of drug-likeness (QED) is 0.489. The molecule has 1 N–H and O–H groups in total. The third kappa shape index (κ3) is 4.25. The van der Waals surface area contributed by atoms with Crippen LogP contribution in [0.25, 0.3) is 11.3 Å². The highest BCUT2D eigenvalue weighted by Gasteiger charge is 2.22. The zero-order chi connectivity index (χ0) is 22.8. The van der Waals surface area contributed by atoms with Crippen LogP contribution in [-0.2, 0) is 13.6 Å². The van der Waals surface area contributed by atoms with Crippen LogP contribution in [0, 0.1) is 0 Å². The monoisotopic (exact) mass is 445 g/mol. The Labute approximate surface area is 190 Å². The second kappa shape index (κ2) is 8.70. The van der Waals surface area contributed by atoms with Gasteiger partial charge >= 0.3 is 0 Å². The van der Waals surface area contributed by atoms with Crippen LogP contribution >= 0.6 is 0 Å². The van der Waals surface area contributed by atoms with E-state index in [1.54, 1.807) is 42.0 Å². The van der Waals surface area contributed by atoms with E-state index in [4.69, 9.17) is 14.2 Å². The second-order valence-electron chi connectivity index (χ2n) is 7.64. The number of aryl methyl sites for hydroxylation is 1. The molecule has 3 heterocycles. The molecule has 33 heavy (non-hydrogen) atoms. The molecule has 0 unspecified atom stereocenters. The summed E-state index contributed by atoms with van der Waals surface area (Å²) in [7, 11) is 3.34. The first-order chi connectivity index (χ1) is 16.1. The molecule has 9 heteroatoms. The number of rotatable bonds is 6. The number of carbonyl (C=O) groups excluding carboxylic acids is 1. The van der Waals surface area contributed by atoms with Crippen molar-refractivity contribution in [3.63, 3.8) is 0 Å². The number of methoxy groups -OCH3 is 1. The van der Waals surface area contributed by atoms with E-state index in [1.165, 1.54) is 0 Å². The van der Waals surface area contributed by atoms with Gasteiger partial charge in [-0.05, 0) is 30.3 Å². The minimum Gasteiger partial charge on any atom is -0.496 e. The first kappa shape index (κ1) is 20.6. The van der Waals surface area contributed by atoms with Gasteiger partial charge in [-0.15, -0.1) is 0 Å². The standard InChI is InChI=1S/C24H23N5O4/c1-28-20(11-19(27-28)18-7-3-4-8-21(18)31-2)24(30)26-16-12-25-29(13-16)14-17-15-32-22-9-5-6-10-23(22)33-17/h3-13,17H,14-15H2,1-2H3,(H,26,30)/t17-/m0/s1. The summed E-state index contributed by atoms with van der Waals surface area (Å²) in [5.41, 5.74) is 2.48. The Morgan fingerprint density at radius 1 is 1.18 bits per heavy atom. The third-order valence-corrected chi connectivity index (χ3v) is 5.34. The van der Waals surface area contributed by atoms with Crippen molar-refractivity contribution in [1.29, 1.82) is 0 Å². The van der Waals surface area contributed by atoms with Gasteiger partial charge in [-0.25, -0.2) is 0 Å². The van der Waals surface area contributed by atoms with Crippen LogP contribution in [0.2, 0.25) is 0 Å². The number of hydrogen-bond donors (Lipinski definition) is 1. The first-order valence-corrected chi connectivity index (χ1v) is 10.5. The number of nitrogens with one attached hydrogen (secondary N) is 1. The average Bonchev–Trinajstić information content (AvgIpc) is 3.45. The van der Waals surface area contributed by atoms with Crippen molar-refractivity contribution in [2.75, 3.05) is 19.0 Å². The SMILES string of the molecule is COc1ccccc1-c1cc(C(=O)Nc2cnn(C[C@H]3COc4ccccc4O3)c2)n(C)n1. The second-order valence-corrected chi connectivity index (χ2v) is 7.64. The molecule has 1 atom stereocenters. The Balaban J connectivity index is 1.26. The zero-order valence-corrected chi connectivity index (χ0v) is 18.3. The van der Waals surface area contributed by atoms with E-state index in [1.807, 2.05) is 48.5 Å². The normalized spacial score (nSPS) is 14.7. The van der Waals surface area contributed by atoms with Crippen molar-refractivity contribution < 1.29 is 19.0 Å². The lowest BCUT2D eigenvalue weighted by molar-refractivity contribution is 0.0759. The highest BCUT2D eigenvalue weighted by molar-refractivity contribution is 6.03. The van der Waals surface area contributed by atoms with Gasteiger partial charge in [0.1, 0.15) is 18.1 Å². The maximum absolute atomic E-state index is 12.9. The molecule has 0 bridgehead atoms. The summed E-state index contributed by atoms with van der Waals surface area (Å²) in [6.45, 7) is 0.924. The summed E-state index contributed by atoms with van der Waals surface area (Å²) in [5, 5.41) is 11.7. The average molecular weight is 445 g/mol. The number of nitrogens with zero attached hydrogens (tertiary/aromatic N) is 4. The van der Waals surface area contributed by atoms with Crippen LogP contribution in [0.3, 0.4) is 0 Å². The van der Waals surface area contributed by atoms with Gasteiger partial charge in [0, 0.05) is 18.8 Å². The van der Waals surface area contributed by atoms with E-state index in [9.17, 15) is 4.79 Å². The Morgan fingerprint density at radius 3 is 2.82 bits per heavy atom. The van der Waals surface area contributed by atoms with Crippen LogP contribution in [0.5, 0.6) is 17.2 Å². The van der Waals surface area contributed by atoms with Crippen LogP contribution in [0.4, 0.5) is 5.69 Å². The third-order valence-electron chi connectivity index (χ3n) is 5.34. The maximum atomic E-state index is 12.9. The van der Waals surface area contributed by atoms with E-state index in [0.29, 0.717) is 36.0 Å². The summed E-state index contributed by atoms with van der Waals surface area (Å²) in [5.74, 6) is 1.87. The number of aromatic nitrogens is 4. The molecule has 5 rings (SSSR count). The summed E-state index contributed by atoms with van der Waals surface area (Å²) in [6, 6.07) is 16.9. The van der Waals surface area contributed by atoms with Gasteiger partial charge in [0.2, 0.25) is 0 Å². The van der Waals surface area contributed by atoms with Crippen molar-refractivity contribution in [3.8, 4) is 28.5 Å². The fourth-order valence-corrected chi connectivity index (χ4v) is 3.75. The molecule has 168 valence electrons. The van der Waals surface area contributed by atoms with E-state index >= 15 is 0 Å². The highest BCUT2D eigenvalue weighted by Crippen LogP contribution is 2.31. The molecule has 0 fully saturated rings. The lowest BCUT2D eigenvalue weighted by Gasteiger charge is -2.26. The molecule has 9 nitrogen and oxygen atoms in total. The van der Waals surface area contributed by atoms with Gasteiger partial charge in [0.15, 0.2) is 17.6 Å². The number of amides is 1. The number of carbonyl (C=O) groups is 1. The highest BCUT2D eigenvalue weighted by atomic mass is 16.6. The molecule has 0 aliphatic carbocycles. The number of para-hydroxylation sites is 3. The van der Waals surface area contributed by atoms with Gasteiger partial charge in [0.05, 0.1) is 31.2 Å². The molecule has 1 aliphatic heterocycles. The van der Waals surface area contributed by atoms with E-state index < -0.39 is 0 Å². The molecule has 2 aromatic heterocycles. The number of hydrogen-bond acceptors (Lipinski definition) is 6. The molecule has 1 amide bonds. The smallest absolute Gasteiger partial charge is 0.274 e. The number of anilines is 1. The van der Waals surface area contributed by atoms with Crippen LogP contribution in [-0.4, -0.2) is 45.3 Å². The van der Waals surface area contributed by atoms with E-state index in [0.717, 1.165) is 17.1 Å². The first-order valence-electron chi connectivity index (χ1n) is 10.5. The Hall–Kier alpha value is -4.27. The van der Waals surface area contributed by atoms with Gasteiger partial charge in [-0.2, -0.15) is 10.2 Å². The topological polar surface area (TPSA) is 92.4 Å². The van der Waals surface area contributed by atoms with Gasteiger partial charge in [0.25, 0.3) is 5.91 Å². The van der Waals surface area contributed by atoms with Gasteiger partial charge in [-0.1, -0.05) is 24.3 Å². The Kier molecular flexibility index (Phi) is 5.43. The number of fused-ring (bicyclic) bond motifs is 1.